The maximum Gasteiger partial charge on any atom is -0.00175 e. The molecule has 0 fully saturated rings. The number of hydrogen-bond donors (Lipinski definition) is 1. The third kappa shape index (κ3) is 3.12. The van der Waals surface area contributed by atoms with Crippen molar-refractivity contribution in [3.63, 3.8) is 0 Å². The molecule has 0 amide bonds. The van der Waals surface area contributed by atoms with E-state index in [4.69, 9.17) is 0 Å². The molecule has 1 nitrogen and oxygen atoms in total. The number of hydrogen-bond acceptors (Lipinski definition) is 2. The van der Waals surface area contributed by atoms with Crippen LogP contribution in [-0.2, 0) is 0 Å². The van der Waals surface area contributed by atoms with Crippen molar-refractivity contribution < 1.29 is 0 Å². The maximum absolute atomic E-state index is 3.39. The highest BCUT2D eigenvalue weighted by molar-refractivity contribution is 7.07. The molecule has 0 aliphatic carbocycles. The van der Waals surface area contributed by atoms with Crippen LogP contribution in [0.15, 0.2) is 16.8 Å². The molecule has 0 spiro atoms. The Morgan fingerprint density at radius 1 is 1.46 bits per heavy atom. The van der Waals surface area contributed by atoms with E-state index < -0.39 is 0 Å². The van der Waals surface area contributed by atoms with Crippen molar-refractivity contribution in [1.82, 2.24) is 5.32 Å². The van der Waals surface area contributed by atoms with Gasteiger partial charge in [0.1, 0.15) is 0 Å². The molecule has 2 heteroatoms. The van der Waals surface area contributed by atoms with Gasteiger partial charge in [-0.3, -0.25) is 0 Å². The third-order valence-corrected chi connectivity index (χ3v) is 3.34. The molecule has 2 unspecified atom stereocenters. The summed E-state index contributed by atoms with van der Waals surface area (Å²) in [4.78, 5) is 0. The van der Waals surface area contributed by atoms with E-state index in [9.17, 15) is 0 Å². The predicted octanol–water partition coefficient (Wildman–Crippen LogP) is 3.10. The first-order valence-electron chi connectivity index (χ1n) is 4.98. The second kappa shape index (κ2) is 5.40. The lowest BCUT2D eigenvalue weighted by Gasteiger charge is -2.19. The second-order valence-electron chi connectivity index (χ2n) is 3.63. The van der Waals surface area contributed by atoms with E-state index in [1.54, 1.807) is 11.3 Å². The molecule has 0 aliphatic heterocycles. The fourth-order valence-corrected chi connectivity index (χ4v) is 2.18. The zero-order chi connectivity index (χ0) is 9.68. The topological polar surface area (TPSA) is 12.0 Å². The Bertz CT molecular complexity index is 218. The summed E-state index contributed by atoms with van der Waals surface area (Å²) >= 11 is 1.79. The standard InChI is InChI=1S/C11H19NS/c1-4-12-7-9(2)10(3)11-5-6-13-8-11/h5-6,8-10,12H,4,7H2,1-3H3. The molecule has 0 bridgehead atoms. The lowest BCUT2D eigenvalue weighted by atomic mass is 9.91. The second-order valence-corrected chi connectivity index (χ2v) is 4.41. The van der Waals surface area contributed by atoms with E-state index in [1.807, 2.05) is 0 Å². The molecule has 1 heterocycles. The van der Waals surface area contributed by atoms with Gasteiger partial charge in [0.2, 0.25) is 0 Å². The Labute approximate surface area is 85.2 Å². The summed E-state index contributed by atoms with van der Waals surface area (Å²) in [5, 5.41) is 7.81. The number of rotatable bonds is 5. The highest BCUT2D eigenvalue weighted by Crippen LogP contribution is 2.25. The van der Waals surface area contributed by atoms with Crippen LogP contribution in [0.5, 0.6) is 0 Å². The minimum Gasteiger partial charge on any atom is -0.317 e. The predicted molar refractivity (Wildman–Crippen MR) is 60.4 cm³/mol. The Hall–Kier alpha value is -0.340. The van der Waals surface area contributed by atoms with Crippen LogP contribution in [0, 0.1) is 5.92 Å². The van der Waals surface area contributed by atoms with Crippen LogP contribution in [0.4, 0.5) is 0 Å². The van der Waals surface area contributed by atoms with Gasteiger partial charge < -0.3 is 5.32 Å². The largest absolute Gasteiger partial charge is 0.317 e. The van der Waals surface area contributed by atoms with E-state index >= 15 is 0 Å². The minimum atomic E-state index is 0.672. The van der Waals surface area contributed by atoms with Crippen molar-refractivity contribution in [2.45, 2.75) is 26.7 Å². The van der Waals surface area contributed by atoms with E-state index in [2.05, 4.69) is 42.9 Å². The lowest BCUT2D eigenvalue weighted by Crippen LogP contribution is -2.23. The molecule has 2 atom stereocenters. The van der Waals surface area contributed by atoms with Gasteiger partial charge in [0, 0.05) is 0 Å². The van der Waals surface area contributed by atoms with Crippen molar-refractivity contribution in [2.75, 3.05) is 13.1 Å². The fraction of sp³-hybridized carbons (Fsp3) is 0.636. The van der Waals surface area contributed by atoms with E-state index in [1.165, 1.54) is 5.56 Å². The van der Waals surface area contributed by atoms with Crippen molar-refractivity contribution in [2.24, 2.45) is 5.92 Å². The molecule has 0 radical (unpaired) electrons. The van der Waals surface area contributed by atoms with Crippen LogP contribution in [0.1, 0.15) is 32.3 Å². The van der Waals surface area contributed by atoms with E-state index in [0.29, 0.717) is 5.92 Å². The van der Waals surface area contributed by atoms with Gasteiger partial charge in [-0.25, -0.2) is 0 Å². The molecular formula is C11H19NS. The first kappa shape index (κ1) is 10.7. The van der Waals surface area contributed by atoms with Crippen LogP contribution in [0.2, 0.25) is 0 Å². The van der Waals surface area contributed by atoms with Gasteiger partial charge in [-0.05, 0) is 47.3 Å². The summed E-state index contributed by atoms with van der Waals surface area (Å²) in [6.45, 7) is 8.96. The molecule has 0 saturated carbocycles. The zero-order valence-electron chi connectivity index (χ0n) is 8.71. The van der Waals surface area contributed by atoms with Crippen molar-refractivity contribution in [3.8, 4) is 0 Å². The molecule has 1 rings (SSSR count). The van der Waals surface area contributed by atoms with Gasteiger partial charge in [0.05, 0.1) is 0 Å². The van der Waals surface area contributed by atoms with Gasteiger partial charge in [-0.2, -0.15) is 11.3 Å². The summed E-state index contributed by atoms with van der Waals surface area (Å²) in [5.74, 6) is 1.39. The van der Waals surface area contributed by atoms with Crippen LogP contribution >= 0.6 is 11.3 Å². The zero-order valence-corrected chi connectivity index (χ0v) is 9.53. The number of nitrogens with one attached hydrogen (secondary N) is 1. The Morgan fingerprint density at radius 3 is 2.77 bits per heavy atom. The molecule has 1 aromatic heterocycles. The summed E-state index contributed by atoms with van der Waals surface area (Å²) < 4.78 is 0. The summed E-state index contributed by atoms with van der Waals surface area (Å²) in [6.07, 6.45) is 0. The highest BCUT2D eigenvalue weighted by atomic mass is 32.1. The maximum atomic E-state index is 3.39. The molecule has 0 aromatic carbocycles. The summed E-state index contributed by atoms with van der Waals surface area (Å²) in [7, 11) is 0. The van der Waals surface area contributed by atoms with Crippen molar-refractivity contribution in [3.05, 3.63) is 22.4 Å². The van der Waals surface area contributed by atoms with Crippen LogP contribution in [-0.4, -0.2) is 13.1 Å². The SMILES string of the molecule is CCNCC(C)C(C)c1ccsc1. The summed E-state index contributed by atoms with van der Waals surface area (Å²) in [5.41, 5.74) is 1.48. The Balaban J connectivity index is 2.43. The first-order chi connectivity index (χ1) is 6.25. The van der Waals surface area contributed by atoms with Crippen LogP contribution in [0.3, 0.4) is 0 Å². The van der Waals surface area contributed by atoms with E-state index in [0.717, 1.165) is 19.0 Å². The molecule has 0 aliphatic rings. The summed E-state index contributed by atoms with van der Waals surface area (Å²) in [6, 6.07) is 2.23. The quantitative estimate of drug-likeness (QED) is 0.765. The lowest BCUT2D eigenvalue weighted by molar-refractivity contribution is 0.454. The monoisotopic (exact) mass is 197 g/mol. The van der Waals surface area contributed by atoms with Gasteiger partial charge in [0.15, 0.2) is 0 Å². The van der Waals surface area contributed by atoms with E-state index in [-0.39, 0.29) is 0 Å². The molecule has 0 saturated heterocycles. The van der Waals surface area contributed by atoms with Gasteiger partial charge in [-0.1, -0.05) is 20.8 Å². The normalized spacial score (nSPS) is 15.6. The fourth-order valence-electron chi connectivity index (χ4n) is 1.41. The Morgan fingerprint density at radius 2 is 2.23 bits per heavy atom. The third-order valence-electron chi connectivity index (χ3n) is 2.64. The molecule has 1 aromatic rings. The smallest absolute Gasteiger partial charge is 0.00175 e. The molecule has 74 valence electrons. The van der Waals surface area contributed by atoms with Crippen molar-refractivity contribution >= 4 is 11.3 Å². The minimum absolute atomic E-state index is 0.672. The Kier molecular flexibility index (Phi) is 4.46. The van der Waals surface area contributed by atoms with Gasteiger partial charge in [0.25, 0.3) is 0 Å². The van der Waals surface area contributed by atoms with Gasteiger partial charge >= 0.3 is 0 Å². The molecule has 13 heavy (non-hydrogen) atoms. The molecule has 1 N–H and O–H groups in total. The average Bonchev–Trinajstić information content (AvgIpc) is 2.65. The van der Waals surface area contributed by atoms with Crippen molar-refractivity contribution in [1.29, 1.82) is 0 Å². The number of thiophene rings is 1. The van der Waals surface area contributed by atoms with Gasteiger partial charge in [-0.15, -0.1) is 0 Å². The average molecular weight is 197 g/mol. The van der Waals surface area contributed by atoms with Crippen LogP contribution in [0.25, 0.3) is 0 Å². The first-order valence-corrected chi connectivity index (χ1v) is 5.92. The van der Waals surface area contributed by atoms with Crippen LogP contribution < -0.4 is 5.32 Å². The molecular weight excluding hydrogens is 178 g/mol. The highest BCUT2D eigenvalue weighted by Gasteiger charge is 2.13.